The molecule has 0 spiro atoms. The minimum Gasteiger partial charge on any atom is -0.482 e. The Hall–Kier alpha value is -2.04. The molecule has 2 unspecified atom stereocenters. The van der Waals surface area contributed by atoms with E-state index in [0.717, 1.165) is 50.6 Å². The number of nitrogens with one attached hydrogen (secondary N) is 1. The van der Waals surface area contributed by atoms with Gasteiger partial charge < -0.3 is 14.8 Å². The first-order chi connectivity index (χ1) is 15.2. The zero-order valence-corrected chi connectivity index (χ0v) is 19.2. The predicted molar refractivity (Wildman–Crippen MR) is 126 cm³/mol. The maximum absolute atomic E-state index is 12.4. The molecule has 2 aromatic rings. The Balaban J connectivity index is 1.73. The second kappa shape index (κ2) is 12.7. The van der Waals surface area contributed by atoms with Crippen LogP contribution in [0.4, 0.5) is 0 Å². The van der Waals surface area contributed by atoms with Gasteiger partial charge in [0.2, 0.25) is 0 Å². The number of piperidine rings is 1. The summed E-state index contributed by atoms with van der Waals surface area (Å²) in [6.07, 6.45) is 8.87. The number of hydrogen-bond donors (Lipinski definition) is 1. The topological polar surface area (TPSA) is 47.6 Å². The van der Waals surface area contributed by atoms with Gasteiger partial charge in [0.1, 0.15) is 6.10 Å². The van der Waals surface area contributed by atoms with Crippen LogP contribution in [0.5, 0.6) is 11.5 Å². The van der Waals surface area contributed by atoms with E-state index < -0.39 is 0 Å². The number of rotatable bonds is 11. The molecule has 4 nitrogen and oxygen atoms in total. The molecule has 0 aromatic heterocycles. The molecule has 2 atom stereocenters. The van der Waals surface area contributed by atoms with Crippen molar-refractivity contribution < 1.29 is 14.3 Å². The SMILES string of the molecule is CCCCCCC(=O)Oc1cc(Cl)ccc1OC(CC1CCCCN1)c1ccccc1. The number of carbonyl (C=O) groups excluding carboxylic acids is 1. The lowest BCUT2D eigenvalue weighted by molar-refractivity contribution is -0.134. The quantitative estimate of drug-likeness (QED) is 0.234. The maximum atomic E-state index is 12.4. The van der Waals surface area contributed by atoms with Gasteiger partial charge in [0.15, 0.2) is 11.5 Å². The molecule has 1 aliphatic rings. The van der Waals surface area contributed by atoms with Crippen LogP contribution in [0.25, 0.3) is 0 Å². The van der Waals surface area contributed by atoms with Crippen molar-refractivity contribution in [2.24, 2.45) is 0 Å². The highest BCUT2D eigenvalue weighted by atomic mass is 35.5. The number of carbonyl (C=O) groups is 1. The van der Waals surface area contributed by atoms with E-state index in [1.54, 1.807) is 18.2 Å². The number of esters is 1. The molecule has 0 saturated carbocycles. The van der Waals surface area contributed by atoms with Crippen molar-refractivity contribution in [3.63, 3.8) is 0 Å². The third kappa shape index (κ3) is 7.86. The van der Waals surface area contributed by atoms with Crippen LogP contribution in [0, 0.1) is 0 Å². The van der Waals surface area contributed by atoms with Crippen molar-refractivity contribution in [1.82, 2.24) is 5.32 Å². The third-order valence-corrected chi connectivity index (χ3v) is 5.95. The van der Waals surface area contributed by atoms with Crippen LogP contribution in [0.1, 0.15) is 76.4 Å². The number of ether oxygens (including phenoxy) is 2. The smallest absolute Gasteiger partial charge is 0.311 e. The van der Waals surface area contributed by atoms with E-state index in [2.05, 4.69) is 24.4 Å². The van der Waals surface area contributed by atoms with Gasteiger partial charge in [0, 0.05) is 30.0 Å². The Morgan fingerprint density at radius 1 is 1.10 bits per heavy atom. The van der Waals surface area contributed by atoms with Crippen molar-refractivity contribution in [3.8, 4) is 11.5 Å². The third-order valence-electron chi connectivity index (χ3n) is 5.72. The largest absolute Gasteiger partial charge is 0.482 e. The van der Waals surface area contributed by atoms with E-state index in [1.807, 2.05) is 18.2 Å². The van der Waals surface area contributed by atoms with Crippen LogP contribution in [0.15, 0.2) is 48.5 Å². The Kier molecular flexibility index (Phi) is 9.70. The Labute approximate surface area is 191 Å². The zero-order valence-electron chi connectivity index (χ0n) is 18.4. The second-order valence-electron chi connectivity index (χ2n) is 8.28. The first-order valence-corrected chi connectivity index (χ1v) is 12.0. The fourth-order valence-corrected chi connectivity index (χ4v) is 4.15. The van der Waals surface area contributed by atoms with Gasteiger partial charge in [-0.05, 0) is 43.5 Å². The summed E-state index contributed by atoms with van der Waals surface area (Å²) >= 11 is 6.20. The molecule has 1 N–H and O–H groups in total. The molecule has 31 heavy (non-hydrogen) atoms. The van der Waals surface area contributed by atoms with Gasteiger partial charge in [-0.3, -0.25) is 4.79 Å². The zero-order chi connectivity index (χ0) is 21.9. The van der Waals surface area contributed by atoms with Crippen LogP contribution >= 0.6 is 11.6 Å². The second-order valence-corrected chi connectivity index (χ2v) is 8.71. The van der Waals surface area contributed by atoms with Gasteiger partial charge in [-0.15, -0.1) is 0 Å². The molecule has 1 saturated heterocycles. The van der Waals surface area contributed by atoms with Crippen molar-refractivity contribution in [1.29, 1.82) is 0 Å². The van der Waals surface area contributed by atoms with Crippen LogP contribution in [-0.4, -0.2) is 18.6 Å². The van der Waals surface area contributed by atoms with Crippen LogP contribution < -0.4 is 14.8 Å². The van der Waals surface area contributed by atoms with Gasteiger partial charge in [0.05, 0.1) is 0 Å². The summed E-state index contributed by atoms with van der Waals surface area (Å²) in [6.45, 7) is 3.20. The molecule has 0 aliphatic carbocycles. The lowest BCUT2D eigenvalue weighted by Gasteiger charge is -2.29. The summed E-state index contributed by atoms with van der Waals surface area (Å²) in [5.41, 5.74) is 1.11. The minimum absolute atomic E-state index is 0.139. The first-order valence-electron chi connectivity index (χ1n) is 11.6. The molecule has 1 heterocycles. The molecule has 1 aliphatic heterocycles. The number of halogens is 1. The Bertz CT molecular complexity index is 806. The summed E-state index contributed by atoms with van der Waals surface area (Å²) in [5, 5.41) is 4.13. The summed E-state index contributed by atoms with van der Waals surface area (Å²) in [7, 11) is 0. The Morgan fingerprint density at radius 3 is 2.68 bits per heavy atom. The van der Waals surface area contributed by atoms with Gasteiger partial charge >= 0.3 is 5.97 Å². The molecular weight excluding hydrogens is 410 g/mol. The van der Waals surface area contributed by atoms with E-state index in [1.165, 1.54) is 12.8 Å². The number of hydrogen-bond acceptors (Lipinski definition) is 4. The molecule has 2 aromatic carbocycles. The number of benzene rings is 2. The van der Waals surface area contributed by atoms with Gasteiger partial charge in [-0.2, -0.15) is 0 Å². The van der Waals surface area contributed by atoms with E-state index in [9.17, 15) is 4.79 Å². The Morgan fingerprint density at radius 2 is 1.94 bits per heavy atom. The van der Waals surface area contributed by atoms with Gasteiger partial charge in [-0.25, -0.2) is 0 Å². The molecule has 168 valence electrons. The van der Waals surface area contributed by atoms with E-state index in [0.29, 0.717) is 29.0 Å². The fourth-order valence-electron chi connectivity index (χ4n) is 3.99. The maximum Gasteiger partial charge on any atom is 0.311 e. The van der Waals surface area contributed by atoms with Crippen molar-refractivity contribution in [2.75, 3.05) is 6.54 Å². The standard InChI is InChI=1S/C26H34ClNO3/c1-2-3-4-8-14-26(29)31-25-18-21(27)15-16-23(25)30-24(20-11-6-5-7-12-20)19-22-13-9-10-17-28-22/h5-7,11-12,15-16,18,22,24,28H,2-4,8-10,13-14,17,19H2,1H3. The van der Waals surface area contributed by atoms with Crippen LogP contribution in [0.3, 0.4) is 0 Å². The summed E-state index contributed by atoms with van der Waals surface area (Å²) in [6, 6.07) is 15.9. The highest BCUT2D eigenvalue weighted by molar-refractivity contribution is 6.30. The van der Waals surface area contributed by atoms with Crippen molar-refractivity contribution in [2.45, 2.75) is 76.9 Å². The number of unbranched alkanes of at least 4 members (excludes halogenated alkanes) is 3. The minimum atomic E-state index is -0.242. The predicted octanol–water partition coefficient (Wildman–Crippen LogP) is 6.87. The lowest BCUT2D eigenvalue weighted by Crippen LogP contribution is -2.36. The van der Waals surface area contributed by atoms with Gasteiger partial charge in [0.25, 0.3) is 0 Å². The average molecular weight is 444 g/mol. The van der Waals surface area contributed by atoms with E-state index in [4.69, 9.17) is 21.1 Å². The highest BCUT2D eigenvalue weighted by Crippen LogP contribution is 2.36. The summed E-state index contributed by atoms with van der Waals surface area (Å²) in [4.78, 5) is 12.4. The monoisotopic (exact) mass is 443 g/mol. The van der Waals surface area contributed by atoms with E-state index >= 15 is 0 Å². The molecule has 0 bridgehead atoms. The van der Waals surface area contributed by atoms with E-state index in [-0.39, 0.29) is 12.1 Å². The fraction of sp³-hybridized carbons (Fsp3) is 0.500. The van der Waals surface area contributed by atoms with Crippen LogP contribution in [0.2, 0.25) is 5.02 Å². The lowest BCUT2D eigenvalue weighted by atomic mass is 9.95. The van der Waals surface area contributed by atoms with Crippen molar-refractivity contribution >= 4 is 17.6 Å². The summed E-state index contributed by atoms with van der Waals surface area (Å²) in [5.74, 6) is 0.704. The van der Waals surface area contributed by atoms with Crippen molar-refractivity contribution in [3.05, 3.63) is 59.1 Å². The highest BCUT2D eigenvalue weighted by Gasteiger charge is 2.23. The molecule has 5 heteroatoms. The molecular formula is C26H34ClNO3. The molecule has 3 rings (SSSR count). The van der Waals surface area contributed by atoms with Gasteiger partial charge in [-0.1, -0.05) is 74.5 Å². The first kappa shape index (κ1) is 23.6. The molecule has 1 fully saturated rings. The molecule has 0 radical (unpaired) electrons. The molecule has 0 amide bonds. The normalized spacial score (nSPS) is 17.2. The summed E-state index contributed by atoms with van der Waals surface area (Å²) < 4.78 is 12.1. The van der Waals surface area contributed by atoms with Crippen LogP contribution in [-0.2, 0) is 4.79 Å². The average Bonchev–Trinajstić information content (AvgIpc) is 2.79.